The van der Waals surface area contributed by atoms with E-state index in [-0.39, 0.29) is 23.3 Å². The smallest absolute Gasteiger partial charge is 0.273 e. The number of amides is 1. The molecule has 0 aromatic carbocycles. The minimum absolute atomic E-state index is 0.212. The number of hydrogen-bond donors (Lipinski definition) is 1. The predicted molar refractivity (Wildman–Crippen MR) is 58.2 cm³/mol. The van der Waals surface area contributed by atoms with Gasteiger partial charge in [-0.3, -0.25) is 4.79 Å². The van der Waals surface area contributed by atoms with Crippen LogP contribution in [-0.2, 0) is 0 Å². The van der Waals surface area contributed by atoms with Gasteiger partial charge in [-0.05, 0) is 6.92 Å². The highest BCUT2D eigenvalue weighted by Gasteiger charge is 2.15. The van der Waals surface area contributed by atoms with E-state index in [0.717, 1.165) is 0 Å². The Bertz CT molecular complexity index is 408. The zero-order valence-electron chi connectivity index (χ0n) is 9.21. The number of nitrogens with two attached hydrogens (primary N) is 1. The highest BCUT2D eigenvalue weighted by Crippen LogP contribution is 2.03. The number of nitriles is 1. The normalized spacial score (nSPS) is 11.6. The molecule has 1 atom stereocenters. The van der Waals surface area contributed by atoms with Gasteiger partial charge in [0.05, 0.1) is 24.4 Å². The number of carbonyl (C=O) groups is 1. The first kappa shape index (κ1) is 11.9. The molecule has 1 unspecified atom stereocenters. The van der Waals surface area contributed by atoms with Crippen molar-refractivity contribution < 1.29 is 4.79 Å². The molecule has 0 bridgehead atoms. The van der Waals surface area contributed by atoms with Gasteiger partial charge in [0.25, 0.3) is 5.91 Å². The molecule has 1 aromatic rings. The molecule has 1 aromatic heterocycles. The second-order valence-corrected chi connectivity index (χ2v) is 3.54. The van der Waals surface area contributed by atoms with Crippen molar-refractivity contribution in [2.24, 2.45) is 5.92 Å². The van der Waals surface area contributed by atoms with E-state index in [9.17, 15) is 4.79 Å². The molecule has 2 N–H and O–H groups in total. The van der Waals surface area contributed by atoms with Crippen molar-refractivity contribution in [1.82, 2.24) is 14.9 Å². The molecular formula is C10H13N5O. The lowest BCUT2D eigenvalue weighted by Crippen LogP contribution is -2.31. The van der Waals surface area contributed by atoms with E-state index in [1.807, 2.05) is 0 Å². The second kappa shape index (κ2) is 5.07. The fourth-order valence-corrected chi connectivity index (χ4v) is 1.18. The van der Waals surface area contributed by atoms with Crippen LogP contribution in [0.2, 0.25) is 0 Å². The lowest BCUT2D eigenvalue weighted by molar-refractivity contribution is 0.0779. The lowest BCUT2D eigenvalue weighted by Gasteiger charge is -2.17. The summed E-state index contributed by atoms with van der Waals surface area (Å²) in [6.45, 7) is 2.11. The number of anilines is 1. The highest BCUT2D eigenvalue weighted by atomic mass is 16.2. The highest BCUT2D eigenvalue weighted by molar-refractivity contribution is 5.91. The van der Waals surface area contributed by atoms with E-state index in [1.165, 1.54) is 17.3 Å². The van der Waals surface area contributed by atoms with Gasteiger partial charge >= 0.3 is 0 Å². The van der Waals surface area contributed by atoms with Crippen LogP contribution in [0, 0.1) is 17.2 Å². The van der Waals surface area contributed by atoms with Gasteiger partial charge in [-0.2, -0.15) is 5.26 Å². The van der Waals surface area contributed by atoms with Crippen LogP contribution in [0.5, 0.6) is 0 Å². The summed E-state index contributed by atoms with van der Waals surface area (Å²) < 4.78 is 0. The molecule has 1 amide bonds. The van der Waals surface area contributed by atoms with Crippen LogP contribution in [0.1, 0.15) is 17.4 Å². The first-order chi connectivity index (χ1) is 7.54. The summed E-state index contributed by atoms with van der Waals surface area (Å²) in [5, 5.41) is 8.64. The molecule has 0 aliphatic carbocycles. The molecule has 0 radical (unpaired) electrons. The minimum Gasteiger partial charge on any atom is -0.382 e. The molecule has 84 valence electrons. The zero-order chi connectivity index (χ0) is 12.1. The number of hydrogen-bond acceptors (Lipinski definition) is 5. The molecule has 6 nitrogen and oxygen atoms in total. The second-order valence-electron chi connectivity index (χ2n) is 3.54. The van der Waals surface area contributed by atoms with Gasteiger partial charge in [-0.25, -0.2) is 9.97 Å². The first-order valence-electron chi connectivity index (χ1n) is 4.77. The molecule has 1 rings (SSSR count). The summed E-state index contributed by atoms with van der Waals surface area (Å²) in [7, 11) is 1.62. The van der Waals surface area contributed by atoms with Crippen LogP contribution in [0.4, 0.5) is 5.82 Å². The van der Waals surface area contributed by atoms with Gasteiger partial charge in [-0.15, -0.1) is 0 Å². The van der Waals surface area contributed by atoms with E-state index in [2.05, 4.69) is 16.0 Å². The quantitative estimate of drug-likeness (QED) is 0.788. The van der Waals surface area contributed by atoms with E-state index in [4.69, 9.17) is 11.0 Å². The molecule has 6 heteroatoms. The van der Waals surface area contributed by atoms with E-state index < -0.39 is 0 Å². The lowest BCUT2D eigenvalue weighted by atomic mass is 10.2. The molecule has 0 spiro atoms. The van der Waals surface area contributed by atoms with E-state index in [0.29, 0.717) is 6.54 Å². The van der Waals surface area contributed by atoms with Gasteiger partial charge in [0, 0.05) is 13.6 Å². The van der Waals surface area contributed by atoms with Crippen molar-refractivity contribution in [2.75, 3.05) is 19.3 Å². The zero-order valence-corrected chi connectivity index (χ0v) is 9.21. The van der Waals surface area contributed by atoms with Crippen molar-refractivity contribution >= 4 is 11.7 Å². The molecule has 1 heterocycles. The van der Waals surface area contributed by atoms with Crippen molar-refractivity contribution in [3.05, 3.63) is 18.1 Å². The predicted octanol–water partition coefficient (Wildman–Crippen LogP) is 0.290. The minimum atomic E-state index is -0.269. The summed E-state index contributed by atoms with van der Waals surface area (Å²) in [6, 6.07) is 2.06. The van der Waals surface area contributed by atoms with Gasteiger partial charge in [0.2, 0.25) is 0 Å². The molecule has 0 saturated heterocycles. The Morgan fingerprint density at radius 1 is 1.62 bits per heavy atom. The third kappa shape index (κ3) is 2.92. The molecule has 16 heavy (non-hydrogen) atoms. The average Bonchev–Trinajstić information content (AvgIpc) is 2.28. The van der Waals surface area contributed by atoms with Crippen molar-refractivity contribution in [3.8, 4) is 6.07 Å². The standard InChI is InChI=1S/C10H13N5O/c1-7(3-11)6-15(2)10(16)8-4-14-9(12)5-13-8/h4-5,7H,6H2,1-2H3,(H2,12,14). The van der Waals surface area contributed by atoms with Crippen LogP contribution in [0.15, 0.2) is 12.4 Å². The Hall–Kier alpha value is -2.16. The van der Waals surface area contributed by atoms with Crippen LogP contribution in [0.25, 0.3) is 0 Å². The van der Waals surface area contributed by atoms with Gasteiger partial charge in [0.15, 0.2) is 0 Å². The Morgan fingerprint density at radius 2 is 2.31 bits per heavy atom. The van der Waals surface area contributed by atoms with Crippen LogP contribution in [0.3, 0.4) is 0 Å². The summed E-state index contributed by atoms with van der Waals surface area (Å²) in [5.74, 6) is -0.213. The third-order valence-corrected chi connectivity index (χ3v) is 2.01. The summed E-state index contributed by atoms with van der Waals surface area (Å²) in [4.78, 5) is 20.9. The molecule has 0 aliphatic heterocycles. The summed E-state index contributed by atoms with van der Waals surface area (Å²) >= 11 is 0. The van der Waals surface area contributed by atoms with Crippen molar-refractivity contribution in [3.63, 3.8) is 0 Å². The fourth-order valence-electron chi connectivity index (χ4n) is 1.18. The Labute approximate surface area is 93.7 Å². The first-order valence-corrected chi connectivity index (χ1v) is 4.77. The van der Waals surface area contributed by atoms with Gasteiger partial charge in [-0.1, -0.05) is 0 Å². The van der Waals surface area contributed by atoms with Gasteiger partial charge < -0.3 is 10.6 Å². The molecule has 0 aliphatic rings. The van der Waals surface area contributed by atoms with E-state index in [1.54, 1.807) is 14.0 Å². The monoisotopic (exact) mass is 219 g/mol. The number of nitrogen functional groups attached to an aromatic ring is 1. The Morgan fingerprint density at radius 3 is 2.81 bits per heavy atom. The molecular weight excluding hydrogens is 206 g/mol. The SMILES string of the molecule is CC(C#N)CN(C)C(=O)c1cnc(N)cn1. The van der Waals surface area contributed by atoms with Crippen LogP contribution >= 0.6 is 0 Å². The summed E-state index contributed by atoms with van der Waals surface area (Å²) in [6.07, 6.45) is 2.65. The Balaban J connectivity index is 2.71. The number of aromatic nitrogens is 2. The molecule has 0 saturated carbocycles. The number of rotatable bonds is 3. The maximum Gasteiger partial charge on any atom is 0.273 e. The van der Waals surface area contributed by atoms with E-state index >= 15 is 0 Å². The van der Waals surface area contributed by atoms with Crippen LogP contribution < -0.4 is 5.73 Å². The fraction of sp³-hybridized carbons (Fsp3) is 0.400. The maximum atomic E-state index is 11.8. The Kier molecular flexibility index (Phi) is 3.78. The summed E-state index contributed by atoms with van der Waals surface area (Å²) in [5.41, 5.74) is 5.59. The topological polar surface area (TPSA) is 95.9 Å². The van der Waals surface area contributed by atoms with Crippen molar-refractivity contribution in [2.45, 2.75) is 6.92 Å². The largest absolute Gasteiger partial charge is 0.382 e. The third-order valence-electron chi connectivity index (χ3n) is 2.01. The molecule has 0 fully saturated rings. The van der Waals surface area contributed by atoms with Crippen LogP contribution in [-0.4, -0.2) is 34.4 Å². The number of carbonyl (C=O) groups excluding carboxylic acids is 1. The van der Waals surface area contributed by atoms with Gasteiger partial charge in [0.1, 0.15) is 11.5 Å². The maximum absolute atomic E-state index is 11.8. The number of nitrogens with zero attached hydrogens (tertiary/aromatic N) is 4. The van der Waals surface area contributed by atoms with Crippen molar-refractivity contribution in [1.29, 1.82) is 5.26 Å². The average molecular weight is 219 g/mol.